The molecule has 1 aliphatic rings. The Bertz CT molecular complexity index is 856. The summed E-state index contributed by atoms with van der Waals surface area (Å²) >= 11 is 0. The summed E-state index contributed by atoms with van der Waals surface area (Å²) in [6.07, 6.45) is 5.85. The molecule has 0 bridgehead atoms. The van der Waals surface area contributed by atoms with Crippen LogP contribution in [0.5, 0.6) is 0 Å². The van der Waals surface area contributed by atoms with Gasteiger partial charge in [0.25, 0.3) is 5.91 Å². The summed E-state index contributed by atoms with van der Waals surface area (Å²) in [7, 11) is 1.70. The van der Waals surface area contributed by atoms with E-state index < -0.39 is 17.2 Å². The number of aryl methyl sites for hydroxylation is 1. The van der Waals surface area contributed by atoms with Crippen LogP contribution in [0.3, 0.4) is 0 Å². The molecule has 1 aromatic heterocycles. The van der Waals surface area contributed by atoms with Crippen LogP contribution in [0.1, 0.15) is 48.3 Å². The minimum Gasteiger partial charge on any atom is -0.340 e. The summed E-state index contributed by atoms with van der Waals surface area (Å²) in [4.78, 5) is 26.7. The van der Waals surface area contributed by atoms with E-state index in [1.165, 1.54) is 36.1 Å². The molecule has 0 aliphatic heterocycles. The summed E-state index contributed by atoms with van der Waals surface area (Å²) in [5, 5.41) is 4.19. The Labute approximate surface area is 152 Å². The Balaban J connectivity index is 1.89. The summed E-state index contributed by atoms with van der Waals surface area (Å²) in [6, 6.07) is 7.50. The molecular weight excluding hydrogens is 333 g/mol. The highest BCUT2D eigenvalue weighted by Crippen LogP contribution is 2.24. The zero-order chi connectivity index (χ0) is 18.7. The average Bonchev–Trinajstić information content (AvgIpc) is 2.63. The highest BCUT2D eigenvalue weighted by Gasteiger charge is 2.23. The normalized spacial score (nSPS) is 15.0. The van der Waals surface area contributed by atoms with E-state index in [-0.39, 0.29) is 11.4 Å². The van der Waals surface area contributed by atoms with Crippen molar-refractivity contribution >= 4 is 5.91 Å². The van der Waals surface area contributed by atoms with Gasteiger partial charge in [-0.1, -0.05) is 31.4 Å². The van der Waals surface area contributed by atoms with Crippen LogP contribution < -0.4 is 5.43 Å². The topological polar surface area (TPSA) is 55.2 Å². The number of rotatable bonds is 4. The van der Waals surface area contributed by atoms with E-state index in [1.807, 2.05) is 0 Å². The lowest BCUT2D eigenvalue weighted by Gasteiger charge is -2.26. The summed E-state index contributed by atoms with van der Waals surface area (Å²) in [5.74, 6) is -0.400. The predicted octanol–water partition coefficient (Wildman–Crippen LogP) is 3.33. The van der Waals surface area contributed by atoms with Gasteiger partial charge in [0, 0.05) is 25.4 Å². The molecule has 3 rings (SSSR count). The number of para-hydroxylation sites is 1. The van der Waals surface area contributed by atoms with Crippen LogP contribution in [0.2, 0.25) is 0 Å². The fraction of sp³-hybridized carbons (Fsp3) is 0.450. The number of aromatic nitrogens is 2. The molecule has 0 spiro atoms. The molecule has 26 heavy (non-hydrogen) atoms. The van der Waals surface area contributed by atoms with E-state index in [0.29, 0.717) is 18.2 Å². The first-order valence-electron chi connectivity index (χ1n) is 9.08. The molecule has 1 saturated carbocycles. The van der Waals surface area contributed by atoms with Crippen LogP contribution in [0.25, 0.3) is 5.69 Å². The van der Waals surface area contributed by atoms with E-state index >= 15 is 0 Å². The molecule has 0 atom stereocenters. The highest BCUT2D eigenvalue weighted by molar-refractivity contribution is 5.91. The summed E-state index contributed by atoms with van der Waals surface area (Å²) in [6.45, 7) is 2.29. The Hall–Kier alpha value is -2.50. The lowest BCUT2D eigenvalue weighted by molar-refractivity contribution is 0.0751. The third-order valence-electron chi connectivity index (χ3n) is 4.99. The van der Waals surface area contributed by atoms with E-state index in [2.05, 4.69) is 5.10 Å². The van der Waals surface area contributed by atoms with Gasteiger partial charge in [0.1, 0.15) is 11.5 Å². The molecule has 0 saturated heterocycles. The molecule has 0 unspecified atom stereocenters. The van der Waals surface area contributed by atoms with Crippen molar-refractivity contribution in [1.82, 2.24) is 14.7 Å². The zero-order valence-electron chi connectivity index (χ0n) is 15.2. The molecule has 1 fully saturated rings. The minimum absolute atomic E-state index is 0.169. The van der Waals surface area contributed by atoms with Crippen LogP contribution in [-0.2, 0) is 0 Å². The van der Waals surface area contributed by atoms with Gasteiger partial charge in [0.2, 0.25) is 5.43 Å². The predicted molar refractivity (Wildman–Crippen MR) is 98.1 cm³/mol. The second-order valence-corrected chi connectivity index (χ2v) is 7.05. The number of carbonyl (C=O) groups excluding carboxylic acids is 1. The van der Waals surface area contributed by atoms with E-state index in [4.69, 9.17) is 0 Å². The molecule has 2 aromatic rings. The molecule has 6 heteroatoms. The lowest BCUT2D eigenvalue weighted by Crippen LogP contribution is -2.37. The number of hydrogen-bond donors (Lipinski definition) is 0. The highest BCUT2D eigenvalue weighted by atomic mass is 19.1. The minimum atomic E-state index is -0.458. The number of hydrogen-bond acceptors (Lipinski definition) is 3. The van der Waals surface area contributed by atoms with Gasteiger partial charge < -0.3 is 4.90 Å². The van der Waals surface area contributed by atoms with Crippen molar-refractivity contribution in [2.24, 2.45) is 5.92 Å². The molecule has 5 nitrogen and oxygen atoms in total. The van der Waals surface area contributed by atoms with Gasteiger partial charge in [-0.3, -0.25) is 9.59 Å². The molecule has 1 amide bonds. The molecule has 1 heterocycles. The monoisotopic (exact) mass is 357 g/mol. The molecule has 0 radical (unpaired) electrons. The van der Waals surface area contributed by atoms with E-state index in [0.717, 1.165) is 12.8 Å². The van der Waals surface area contributed by atoms with Crippen LogP contribution in [-0.4, -0.2) is 34.2 Å². The first kappa shape index (κ1) is 18.3. The number of amides is 1. The number of benzene rings is 1. The van der Waals surface area contributed by atoms with Gasteiger partial charge in [-0.15, -0.1) is 0 Å². The maximum atomic E-state index is 14.1. The van der Waals surface area contributed by atoms with Gasteiger partial charge >= 0.3 is 0 Å². The standard InChI is InChI=1S/C20H24FN3O2/c1-14-12-18(25)19(22-24(14)17-11-7-6-10-16(17)21)20(26)23(2)13-15-8-4-3-5-9-15/h6-7,10-12,15H,3-5,8-9,13H2,1-2H3. The van der Waals surface area contributed by atoms with Crippen molar-refractivity contribution < 1.29 is 9.18 Å². The fourth-order valence-corrected chi connectivity index (χ4v) is 3.58. The van der Waals surface area contributed by atoms with Gasteiger partial charge in [-0.2, -0.15) is 5.10 Å². The second kappa shape index (κ2) is 7.81. The Morgan fingerprint density at radius 1 is 1.27 bits per heavy atom. The molecule has 0 N–H and O–H groups in total. The van der Waals surface area contributed by atoms with Gasteiger partial charge in [0.05, 0.1) is 0 Å². The summed E-state index contributed by atoms with van der Waals surface area (Å²) < 4.78 is 15.4. The van der Waals surface area contributed by atoms with E-state index in [1.54, 1.807) is 37.1 Å². The smallest absolute Gasteiger partial charge is 0.278 e. The average molecular weight is 357 g/mol. The van der Waals surface area contributed by atoms with Gasteiger partial charge in [0.15, 0.2) is 5.69 Å². The Morgan fingerprint density at radius 3 is 2.65 bits per heavy atom. The van der Waals surface area contributed by atoms with Crippen LogP contribution in [0.15, 0.2) is 35.1 Å². The lowest BCUT2D eigenvalue weighted by atomic mass is 9.89. The third kappa shape index (κ3) is 3.84. The van der Waals surface area contributed by atoms with Crippen molar-refractivity contribution in [1.29, 1.82) is 0 Å². The van der Waals surface area contributed by atoms with Crippen molar-refractivity contribution in [3.63, 3.8) is 0 Å². The first-order valence-corrected chi connectivity index (χ1v) is 9.08. The fourth-order valence-electron chi connectivity index (χ4n) is 3.58. The molecule has 138 valence electrons. The van der Waals surface area contributed by atoms with E-state index in [9.17, 15) is 14.0 Å². The van der Waals surface area contributed by atoms with Crippen molar-refractivity contribution in [3.05, 3.63) is 57.8 Å². The molecular formula is C20H24FN3O2. The number of carbonyl (C=O) groups is 1. The summed E-state index contributed by atoms with van der Waals surface area (Å²) in [5.41, 5.74) is 0.0910. The zero-order valence-corrected chi connectivity index (χ0v) is 15.2. The number of nitrogens with zero attached hydrogens (tertiary/aromatic N) is 3. The van der Waals surface area contributed by atoms with Crippen molar-refractivity contribution in [2.45, 2.75) is 39.0 Å². The quantitative estimate of drug-likeness (QED) is 0.843. The first-order chi connectivity index (χ1) is 12.5. The van der Waals surface area contributed by atoms with Crippen molar-refractivity contribution in [3.8, 4) is 5.69 Å². The maximum Gasteiger partial charge on any atom is 0.278 e. The molecule has 1 aliphatic carbocycles. The van der Waals surface area contributed by atoms with Crippen LogP contribution >= 0.6 is 0 Å². The second-order valence-electron chi connectivity index (χ2n) is 7.05. The van der Waals surface area contributed by atoms with Gasteiger partial charge in [-0.25, -0.2) is 9.07 Å². The van der Waals surface area contributed by atoms with Crippen molar-refractivity contribution in [2.75, 3.05) is 13.6 Å². The van der Waals surface area contributed by atoms with Gasteiger partial charge in [-0.05, 0) is 37.8 Å². The largest absolute Gasteiger partial charge is 0.340 e. The third-order valence-corrected chi connectivity index (χ3v) is 4.99. The SMILES string of the molecule is Cc1cc(=O)c(C(=O)N(C)CC2CCCCC2)nn1-c1ccccc1F. The maximum absolute atomic E-state index is 14.1. The molecule has 1 aromatic carbocycles. The Morgan fingerprint density at radius 2 is 1.96 bits per heavy atom. The number of halogens is 1. The van der Waals surface area contributed by atoms with Crippen LogP contribution in [0.4, 0.5) is 4.39 Å². The van der Waals surface area contributed by atoms with Crippen LogP contribution in [0, 0.1) is 18.7 Å². The Kier molecular flexibility index (Phi) is 5.49.